The molecule has 0 aliphatic carbocycles. The fourth-order valence-corrected chi connectivity index (χ4v) is 3.17. The minimum Gasteiger partial charge on any atom is -0.374 e. The second kappa shape index (κ2) is 7.79. The normalized spacial score (nSPS) is 26.9. The molecule has 0 aromatic heterocycles. The zero-order chi connectivity index (χ0) is 16.1. The van der Waals surface area contributed by atoms with Crippen molar-refractivity contribution in [1.29, 1.82) is 0 Å². The molecule has 2 aliphatic heterocycles. The summed E-state index contributed by atoms with van der Waals surface area (Å²) in [7, 11) is -2.80. The molecule has 2 saturated heterocycles. The fourth-order valence-electron chi connectivity index (χ4n) is 2.52. The standard InChI is InChI=1S/C12H19N3O6S/c13-12(17)9(7-5-14-1-3-20-7)10(16)11(22(18)19)8-6-15-2-4-21-8/h7-9,14-15H,1-6H2,(H2,13,17). The number of ether oxygens (including phenoxy) is 2. The van der Waals surface area contributed by atoms with Crippen LogP contribution in [0.15, 0.2) is 0 Å². The molecule has 22 heavy (non-hydrogen) atoms. The maximum absolute atomic E-state index is 12.6. The van der Waals surface area contributed by atoms with E-state index in [1.165, 1.54) is 0 Å². The number of hydrogen-bond donors (Lipinski definition) is 3. The van der Waals surface area contributed by atoms with Crippen molar-refractivity contribution >= 4 is 26.8 Å². The molecule has 2 fully saturated rings. The molecule has 3 atom stereocenters. The molecule has 2 aliphatic rings. The summed E-state index contributed by atoms with van der Waals surface area (Å²) >= 11 is 0. The Kier molecular flexibility index (Phi) is 6.03. The summed E-state index contributed by atoms with van der Waals surface area (Å²) in [6, 6.07) is 0. The molecule has 2 rings (SSSR count). The first kappa shape index (κ1) is 17.0. The van der Waals surface area contributed by atoms with Gasteiger partial charge in [-0.15, -0.1) is 0 Å². The van der Waals surface area contributed by atoms with Crippen molar-refractivity contribution in [3.8, 4) is 0 Å². The van der Waals surface area contributed by atoms with Gasteiger partial charge in [0.25, 0.3) is 0 Å². The molecule has 0 spiro atoms. The van der Waals surface area contributed by atoms with Crippen LogP contribution in [0.4, 0.5) is 0 Å². The summed E-state index contributed by atoms with van der Waals surface area (Å²) in [6.45, 7) is 2.20. The molecule has 4 N–H and O–H groups in total. The van der Waals surface area contributed by atoms with E-state index in [0.717, 1.165) is 0 Å². The van der Waals surface area contributed by atoms with Crippen LogP contribution in [0.3, 0.4) is 0 Å². The van der Waals surface area contributed by atoms with Crippen molar-refractivity contribution in [1.82, 2.24) is 10.6 Å². The zero-order valence-corrected chi connectivity index (χ0v) is 12.7. The van der Waals surface area contributed by atoms with Gasteiger partial charge in [-0.2, -0.15) is 8.42 Å². The number of nitrogens with two attached hydrogens (primary N) is 1. The van der Waals surface area contributed by atoms with E-state index >= 15 is 0 Å². The van der Waals surface area contributed by atoms with Crippen molar-refractivity contribution < 1.29 is 27.5 Å². The summed E-state index contributed by atoms with van der Waals surface area (Å²) in [6.07, 6.45) is -1.70. The second-order valence-corrected chi connectivity index (χ2v) is 5.93. The molecular formula is C12H19N3O6S. The molecule has 9 nitrogen and oxygen atoms in total. The van der Waals surface area contributed by atoms with Gasteiger partial charge in [-0.3, -0.25) is 9.59 Å². The summed E-state index contributed by atoms with van der Waals surface area (Å²) in [5, 5.41) is 5.92. The van der Waals surface area contributed by atoms with E-state index in [9.17, 15) is 18.0 Å². The SMILES string of the molecule is NC(=O)C(C(=O)C(C1CNCCO1)=S(=O)=O)C1CNCCO1. The monoisotopic (exact) mass is 333 g/mol. The Labute approximate surface area is 129 Å². The lowest BCUT2D eigenvalue weighted by molar-refractivity contribution is -0.136. The van der Waals surface area contributed by atoms with Crippen molar-refractivity contribution in [2.75, 3.05) is 39.4 Å². The molecule has 124 valence electrons. The summed E-state index contributed by atoms with van der Waals surface area (Å²) < 4.78 is 33.7. The lowest BCUT2D eigenvalue weighted by Gasteiger charge is -2.30. The van der Waals surface area contributed by atoms with Crippen LogP contribution in [0.25, 0.3) is 0 Å². The Hall–Kier alpha value is -1.33. The molecule has 0 saturated carbocycles. The zero-order valence-electron chi connectivity index (χ0n) is 11.9. The van der Waals surface area contributed by atoms with Gasteiger partial charge in [0.1, 0.15) is 16.9 Å². The van der Waals surface area contributed by atoms with Gasteiger partial charge in [-0.25, -0.2) is 0 Å². The minimum absolute atomic E-state index is 0.185. The van der Waals surface area contributed by atoms with Gasteiger partial charge in [-0.1, -0.05) is 0 Å². The molecule has 2 heterocycles. The highest BCUT2D eigenvalue weighted by Gasteiger charge is 2.40. The first-order valence-corrected chi connectivity index (χ1v) is 8.04. The van der Waals surface area contributed by atoms with E-state index in [4.69, 9.17) is 15.2 Å². The Bertz CT molecular complexity index is 555. The van der Waals surface area contributed by atoms with E-state index in [2.05, 4.69) is 10.6 Å². The first-order chi connectivity index (χ1) is 10.5. The number of nitrogens with one attached hydrogen (secondary N) is 2. The van der Waals surface area contributed by atoms with Crippen LogP contribution in [0, 0.1) is 5.92 Å². The predicted molar refractivity (Wildman–Crippen MR) is 76.8 cm³/mol. The number of amides is 1. The number of carbonyl (C=O) groups excluding carboxylic acids is 2. The minimum atomic E-state index is -2.80. The first-order valence-electron chi connectivity index (χ1n) is 6.96. The Morgan fingerprint density at radius 1 is 1.09 bits per heavy atom. The highest BCUT2D eigenvalue weighted by molar-refractivity contribution is 7.75. The molecule has 1 amide bonds. The average molecular weight is 333 g/mol. The Morgan fingerprint density at radius 2 is 1.73 bits per heavy atom. The van der Waals surface area contributed by atoms with Crippen LogP contribution in [-0.4, -0.2) is 76.6 Å². The van der Waals surface area contributed by atoms with Gasteiger partial charge in [0.05, 0.1) is 19.3 Å². The predicted octanol–water partition coefficient (Wildman–Crippen LogP) is -3.31. The lowest BCUT2D eigenvalue weighted by Crippen LogP contribution is -2.54. The van der Waals surface area contributed by atoms with E-state index in [-0.39, 0.29) is 19.7 Å². The molecule has 0 bridgehead atoms. The number of carbonyl (C=O) groups is 2. The van der Waals surface area contributed by atoms with Crippen molar-refractivity contribution in [3.63, 3.8) is 0 Å². The fraction of sp³-hybridized carbons (Fsp3) is 0.750. The summed E-state index contributed by atoms with van der Waals surface area (Å²) in [5.41, 5.74) is 5.30. The van der Waals surface area contributed by atoms with Gasteiger partial charge in [-0.05, 0) is 0 Å². The molecule has 0 aromatic rings. The third kappa shape index (κ3) is 3.90. The number of hydrogen-bond acceptors (Lipinski definition) is 8. The molecule has 0 aromatic carbocycles. The Morgan fingerprint density at radius 3 is 2.18 bits per heavy atom. The number of Topliss-reactive ketones (excluding diaryl/α,β-unsaturated/α-hetero) is 1. The molecular weight excluding hydrogens is 314 g/mol. The van der Waals surface area contributed by atoms with Gasteiger partial charge in [0.2, 0.25) is 16.2 Å². The van der Waals surface area contributed by atoms with Crippen LogP contribution >= 0.6 is 0 Å². The van der Waals surface area contributed by atoms with Crippen LogP contribution in [-0.2, 0) is 29.4 Å². The van der Waals surface area contributed by atoms with E-state index in [0.29, 0.717) is 19.7 Å². The van der Waals surface area contributed by atoms with E-state index < -0.39 is 45.0 Å². The quantitative estimate of drug-likeness (QED) is 0.351. The number of rotatable bonds is 5. The average Bonchev–Trinajstić information content (AvgIpc) is 2.49. The highest BCUT2D eigenvalue weighted by Crippen LogP contribution is 2.14. The number of primary amides is 1. The van der Waals surface area contributed by atoms with E-state index in [1.54, 1.807) is 0 Å². The third-order valence-electron chi connectivity index (χ3n) is 3.56. The van der Waals surface area contributed by atoms with E-state index in [1.807, 2.05) is 0 Å². The van der Waals surface area contributed by atoms with Crippen molar-refractivity contribution in [2.24, 2.45) is 11.7 Å². The molecule has 3 unspecified atom stereocenters. The largest absolute Gasteiger partial charge is 0.374 e. The van der Waals surface area contributed by atoms with Gasteiger partial charge < -0.3 is 25.8 Å². The van der Waals surface area contributed by atoms with Crippen LogP contribution < -0.4 is 16.4 Å². The van der Waals surface area contributed by atoms with Crippen molar-refractivity contribution in [3.05, 3.63) is 0 Å². The molecule has 0 radical (unpaired) electrons. The number of ketones is 1. The van der Waals surface area contributed by atoms with Crippen LogP contribution in [0.1, 0.15) is 0 Å². The van der Waals surface area contributed by atoms with Gasteiger partial charge in [0.15, 0.2) is 5.78 Å². The number of morpholine rings is 2. The van der Waals surface area contributed by atoms with Crippen LogP contribution in [0.5, 0.6) is 0 Å². The maximum Gasteiger partial charge on any atom is 0.231 e. The summed E-state index contributed by atoms with van der Waals surface area (Å²) in [5.74, 6) is -3.13. The highest BCUT2D eigenvalue weighted by atomic mass is 32.2. The Balaban J connectivity index is 2.26. The smallest absolute Gasteiger partial charge is 0.231 e. The maximum atomic E-state index is 12.6. The van der Waals surface area contributed by atoms with Crippen LogP contribution in [0.2, 0.25) is 0 Å². The van der Waals surface area contributed by atoms with Crippen molar-refractivity contribution in [2.45, 2.75) is 12.2 Å². The lowest BCUT2D eigenvalue weighted by atomic mass is 9.91. The molecule has 10 heteroatoms. The van der Waals surface area contributed by atoms with Gasteiger partial charge >= 0.3 is 0 Å². The summed E-state index contributed by atoms with van der Waals surface area (Å²) in [4.78, 5) is 23.8. The second-order valence-electron chi connectivity index (χ2n) is 5.02. The topological polar surface area (TPSA) is 137 Å². The third-order valence-corrected chi connectivity index (χ3v) is 4.38. The van der Waals surface area contributed by atoms with Gasteiger partial charge in [0, 0.05) is 26.2 Å².